The van der Waals surface area contributed by atoms with Crippen molar-refractivity contribution in [2.75, 3.05) is 13.1 Å². The van der Waals surface area contributed by atoms with Gasteiger partial charge in [0.25, 0.3) is 11.8 Å². The number of alkyl halides is 4. The van der Waals surface area contributed by atoms with Crippen molar-refractivity contribution in [1.29, 1.82) is 0 Å². The molecule has 2 N–H and O–H groups in total. The van der Waals surface area contributed by atoms with Crippen LogP contribution < -0.4 is 20.1 Å². The largest absolute Gasteiger partial charge is 0.471 e. The fourth-order valence-corrected chi connectivity index (χ4v) is 13.8. The summed E-state index contributed by atoms with van der Waals surface area (Å²) in [4.78, 5) is 105. The summed E-state index contributed by atoms with van der Waals surface area (Å²) in [5.41, 5.74) is -5.48. The van der Waals surface area contributed by atoms with Crippen LogP contribution in [-0.4, -0.2) is 126 Å². The summed E-state index contributed by atoms with van der Waals surface area (Å²) < 4.78 is 123. The molecule has 87 heavy (non-hydrogen) atoms. The van der Waals surface area contributed by atoms with Gasteiger partial charge in [0, 0.05) is 42.7 Å². The molecule has 2 aliphatic carbocycles. The molecular weight excluding hydrogens is 1140 g/mol. The number of amides is 4. The Balaban J connectivity index is 1.01. The van der Waals surface area contributed by atoms with E-state index in [1.165, 1.54) is 35.8 Å². The van der Waals surface area contributed by atoms with Gasteiger partial charge >= 0.3 is 12.2 Å². The van der Waals surface area contributed by atoms with E-state index in [2.05, 4.69) is 30.6 Å². The van der Waals surface area contributed by atoms with Crippen LogP contribution in [-0.2, 0) is 46.9 Å². The Hall–Kier alpha value is -6.88. The van der Waals surface area contributed by atoms with E-state index < -0.39 is 166 Å². The van der Waals surface area contributed by atoms with Gasteiger partial charge in [0.2, 0.25) is 23.6 Å². The molecule has 6 aliphatic rings. The van der Waals surface area contributed by atoms with Crippen LogP contribution >= 0.6 is 0 Å². The third kappa shape index (κ3) is 12.9. The van der Waals surface area contributed by atoms with Gasteiger partial charge in [-0.05, 0) is 119 Å². The Labute approximate surface area is 501 Å². The molecule has 6 heterocycles. The van der Waals surface area contributed by atoms with Crippen molar-refractivity contribution < 1.29 is 74.1 Å². The molecule has 4 amide bonds. The second kappa shape index (κ2) is 23.6. The Bertz CT molecular complexity index is 3380. The summed E-state index contributed by atoms with van der Waals surface area (Å²) in [7, 11) is 0. The summed E-state index contributed by atoms with van der Waals surface area (Å²) in [6.45, 7) is 15.6. The van der Waals surface area contributed by atoms with E-state index in [-0.39, 0.29) is 84.7 Å². The second-order valence-corrected chi connectivity index (χ2v) is 27.0. The van der Waals surface area contributed by atoms with Crippen LogP contribution in [0.2, 0.25) is 0 Å². The Morgan fingerprint density at radius 2 is 1.17 bits per heavy atom. The van der Waals surface area contributed by atoms with Crippen molar-refractivity contribution >= 4 is 57.6 Å². The van der Waals surface area contributed by atoms with E-state index in [4.69, 9.17) is 18.9 Å². The van der Waals surface area contributed by atoms with Crippen molar-refractivity contribution in [1.82, 2.24) is 40.4 Å². The lowest BCUT2D eigenvalue weighted by atomic mass is 9.77. The number of rotatable bonds is 7. The van der Waals surface area contributed by atoms with E-state index in [1.54, 1.807) is 55.4 Å². The molecule has 0 spiro atoms. The summed E-state index contributed by atoms with van der Waals surface area (Å²) >= 11 is 0. The lowest BCUT2D eigenvalue weighted by Gasteiger charge is -2.37. The highest BCUT2D eigenvalue weighted by atomic mass is 19.3. The number of halogens is 6. The number of alkyl carbamates (subject to hydrolysis) is 2. The number of hydrogen-bond donors (Lipinski definition) is 2. The quantitative estimate of drug-likeness (QED) is 0.164. The number of hydrogen-bond acceptors (Lipinski definition) is 14. The lowest BCUT2D eigenvalue weighted by Crippen LogP contribution is -2.58. The molecular formula is C63H78F6N8O10. The highest BCUT2D eigenvalue weighted by Crippen LogP contribution is 2.51. The number of ether oxygens (including phenoxy) is 4. The summed E-state index contributed by atoms with van der Waals surface area (Å²) in [5.74, 6) is -14.3. The van der Waals surface area contributed by atoms with E-state index in [0.29, 0.717) is 38.5 Å². The summed E-state index contributed by atoms with van der Waals surface area (Å²) in [6.07, 6.45) is -3.45. The van der Waals surface area contributed by atoms with Crippen LogP contribution in [0, 0.1) is 46.1 Å². The molecule has 12 atom stereocenters. The fraction of sp³-hybridized carbons (Fsp3) is 0.651. The normalized spacial score (nSPS) is 30.7. The van der Waals surface area contributed by atoms with Crippen LogP contribution in [0.15, 0.2) is 30.3 Å². The third-order valence-electron chi connectivity index (χ3n) is 18.9. The van der Waals surface area contributed by atoms with Gasteiger partial charge in [-0.25, -0.2) is 38.3 Å². The molecule has 24 heteroatoms. The number of fused-ring (bicyclic) bond motifs is 10. The molecule has 2 aromatic carbocycles. The maximum atomic E-state index is 17.1. The van der Waals surface area contributed by atoms with Gasteiger partial charge < -0.3 is 39.4 Å². The predicted molar refractivity (Wildman–Crippen MR) is 305 cm³/mol. The van der Waals surface area contributed by atoms with Crippen molar-refractivity contribution in [3.8, 4) is 11.8 Å². The van der Waals surface area contributed by atoms with Crippen LogP contribution in [0.25, 0.3) is 22.1 Å². The van der Waals surface area contributed by atoms with Crippen molar-refractivity contribution in [2.24, 2.45) is 34.5 Å². The first-order valence-electron chi connectivity index (χ1n) is 30.5. The van der Waals surface area contributed by atoms with Crippen molar-refractivity contribution in [3.63, 3.8) is 0 Å². The zero-order valence-electron chi connectivity index (χ0n) is 50.9. The highest BCUT2D eigenvalue weighted by molar-refractivity contribution is 5.94. The molecule has 0 unspecified atom stereocenters. The molecule has 472 valence electrons. The van der Waals surface area contributed by atoms with Gasteiger partial charge in [0.05, 0.1) is 47.2 Å². The third-order valence-corrected chi connectivity index (χ3v) is 18.9. The maximum absolute atomic E-state index is 17.1. The van der Waals surface area contributed by atoms with Crippen LogP contribution in [0.3, 0.4) is 0 Å². The monoisotopic (exact) mass is 1220 g/mol. The van der Waals surface area contributed by atoms with E-state index >= 15 is 26.7 Å². The first-order chi connectivity index (χ1) is 40.8. The minimum Gasteiger partial charge on any atom is -0.471 e. The first kappa shape index (κ1) is 63.1. The van der Waals surface area contributed by atoms with Gasteiger partial charge in [-0.3, -0.25) is 19.2 Å². The highest BCUT2D eigenvalue weighted by Gasteiger charge is 2.56. The Kier molecular flexibility index (Phi) is 17.1. The van der Waals surface area contributed by atoms with Crippen LogP contribution in [0.5, 0.6) is 11.8 Å². The fourth-order valence-electron chi connectivity index (χ4n) is 13.8. The number of nitrogens with zero attached hydrogens (tertiary/aromatic N) is 6. The smallest absolute Gasteiger partial charge is 0.408 e. The molecule has 2 saturated heterocycles. The van der Waals surface area contributed by atoms with Gasteiger partial charge in [0.15, 0.2) is 23.0 Å². The van der Waals surface area contributed by atoms with E-state index in [9.17, 15) is 28.4 Å². The number of benzene rings is 2. The molecule has 0 radical (unpaired) electrons. The zero-order chi connectivity index (χ0) is 63.0. The van der Waals surface area contributed by atoms with Gasteiger partial charge in [-0.1, -0.05) is 61.3 Å². The molecule has 4 aromatic rings. The minimum atomic E-state index is -3.71. The summed E-state index contributed by atoms with van der Waals surface area (Å²) in [5, 5.41) is 5.50. The number of carbonyl (C=O) groups is 6. The average molecular weight is 1220 g/mol. The molecule has 2 aromatic heterocycles. The van der Waals surface area contributed by atoms with Gasteiger partial charge in [-0.2, -0.15) is 17.6 Å². The molecule has 10 rings (SSSR count). The predicted octanol–water partition coefficient (Wildman–Crippen LogP) is 11.0. The average Bonchev–Trinajstić information content (AvgIpc) is 1.86. The number of carbonyl (C=O) groups excluding carboxylic acids is 6. The number of ketones is 2. The van der Waals surface area contributed by atoms with Crippen molar-refractivity contribution in [3.05, 3.63) is 58.9 Å². The number of nitrogens with one attached hydrogen (secondary N) is 2. The number of aromatic nitrogens is 4. The van der Waals surface area contributed by atoms with E-state index in [1.807, 2.05) is 0 Å². The molecule has 18 nitrogen and oxygen atoms in total. The van der Waals surface area contributed by atoms with E-state index in [0.717, 1.165) is 18.2 Å². The standard InChI is InChI=1S/C63H78F6N8O10/c1-11-37-45-29-76(47(37)31(3)78)55(80)51(59(5,6)7)74-58(83)87-61(10)28-35(61)18-14-16-22-63(68,69)50-54(85-45)73-43-26-39(65)34(23-41(43)71-50)27-60(8,9)52-56(81)77-30-46(38(12-2)48(77)32(4)79)84-53-49(70-40-20-19-36(64)25-42(40)72-53)62(66,67)21-15-13-17-33-24-44(33)86-57(82)75-52/h19-20,23,25-26,33,35,37-38,44-48,51-52H,11-18,21-22,24,27-30H2,1-10H3,(H,74,83)(H,75,82)/t33-,35-,37-,38-,44-,45+,46+,47-,48-,51-,52-,61-/m1/s1. The van der Waals surface area contributed by atoms with Crippen LogP contribution in [0.1, 0.15) is 163 Å². The minimum absolute atomic E-state index is 0.00199. The maximum Gasteiger partial charge on any atom is 0.408 e. The Morgan fingerprint density at radius 1 is 0.655 bits per heavy atom. The van der Waals surface area contributed by atoms with Gasteiger partial charge in [-0.15, -0.1) is 0 Å². The molecule has 4 aliphatic heterocycles. The molecule has 2 saturated carbocycles. The van der Waals surface area contributed by atoms with Gasteiger partial charge in [0.1, 0.15) is 47.6 Å². The lowest BCUT2D eigenvalue weighted by molar-refractivity contribution is -0.142. The van der Waals surface area contributed by atoms with Crippen LogP contribution in [0.4, 0.5) is 35.9 Å². The SMILES string of the molecule is CC[C@@H]1[C@@H]2CN(C(=O)[C@H](C(C)(C)C)NC(=O)O[C@]3(C)C[C@H]3CCCCC(F)(F)c3nc4cc(CC(C)(C)[C@@H]5NC(=O)O[C@@H]6C[C@H]6CCCCC(F)(F)c6nc7ccc(F)cc7nc6O[C@H]6CN(C5=O)[C@H](C(C)=O)[C@@H]6CC)c(F)cc4nc3O2)[C@@H]1C(C)=O. The second-order valence-electron chi connectivity index (χ2n) is 27.0. The first-order valence-corrected chi connectivity index (χ1v) is 30.5. The zero-order valence-corrected chi connectivity index (χ0v) is 50.9. The molecule has 4 fully saturated rings. The molecule has 4 bridgehead atoms. The topological polar surface area (TPSA) is 221 Å². The summed E-state index contributed by atoms with van der Waals surface area (Å²) in [6, 6.07) is 0.492. The van der Waals surface area contributed by atoms with Crippen molar-refractivity contribution in [2.45, 2.75) is 213 Å². The Morgan fingerprint density at radius 3 is 1.72 bits per heavy atom. The number of Topliss-reactive ketones (excluding diaryl/α,β-unsaturated/α-hetero) is 2.